The van der Waals surface area contributed by atoms with Gasteiger partial charge in [0.1, 0.15) is 5.78 Å². The van der Waals surface area contributed by atoms with E-state index in [1.54, 1.807) is 0 Å². The Hall–Kier alpha value is -0.330. The van der Waals surface area contributed by atoms with Crippen molar-refractivity contribution in [1.82, 2.24) is 0 Å². The Morgan fingerprint density at radius 2 is 1.22 bits per heavy atom. The summed E-state index contributed by atoms with van der Waals surface area (Å²) in [6, 6.07) is 0. The second-order valence-electron chi connectivity index (χ2n) is 8.41. The molecule has 0 aromatic rings. The summed E-state index contributed by atoms with van der Waals surface area (Å²) in [4.78, 5) is 12.6. The molecule has 0 radical (unpaired) electrons. The normalized spacial score (nSPS) is 15.6. The standard InChI is InChI=1S/C22H44O/c1-7-11-19(5)13-9-10-14-21(22(23)17-18(3)4)16-15-20(6)12-8-2/h18-21H,7-17H2,1-6H3. The number of unbranched alkanes of at least 4 members (excludes halogenated alkanes) is 1. The fourth-order valence-electron chi connectivity index (χ4n) is 3.68. The Morgan fingerprint density at radius 3 is 1.74 bits per heavy atom. The van der Waals surface area contributed by atoms with Crippen molar-refractivity contribution >= 4 is 5.78 Å². The number of rotatable bonds is 15. The highest BCUT2D eigenvalue weighted by molar-refractivity contribution is 5.81. The van der Waals surface area contributed by atoms with Gasteiger partial charge in [-0.05, 0) is 30.6 Å². The summed E-state index contributed by atoms with van der Waals surface area (Å²) >= 11 is 0. The quantitative estimate of drug-likeness (QED) is 0.286. The Bertz CT molecular complexity index is 282. The average Bonchev–Trinajstić information content (AvgIpc) is 2.46. The zero-order valence-electron chi connectivity index (χ0n) is 17.0. The van der Waals surface area contributed by atoms with Gasteiger partial charge >= 0.3 is 0 Å². The first-order chi connectivity index (χ1) is 10.9. The molecule has 0 aliphatic heterocycles. The highest BCUT2D eigenvalue weighted by Crippen LogP contribution is 2.25. The van der Waals surface area contributed by atoms with E-state index >= 15 is 0 Å². The lowest BCUT2D eigenvalue weighted by atomic mass is 9.85. The monoisotopic (exact) mass is 324 g/mol. The number of Topliss-reactive ketones (excluding diaryl/α,β-unsaturated/α-hetero) is 1. The molecule has 0 aromatic heterocycles. The molecule has 0 rings (SSSR count). The Morgan fingerprint density at radius 1 is 0.696 bits per heavy atom. The molecule has 1 heteroatoms. The van der Waals surface area contributed by atoms with Gasteiger partial charge in [-0.3, -0.25) is 4.79 Å². The van der Waals surface area contributed by atoms with Gasteiger partial charge in [0, 0.05) is 12.3 Å². The van der Waals surface area contributed by atoms with Crippen molar-refractivity contribution in [1.29, 1.82) is 0 Å². The molecule has 138 valence electrons. The molecule has 0 bridgehead atoms. The first-order valence-corrected chi connectivity index (χ1v) is 10.4. The number of carbonyl (C=O) groups excluding carboxylic acids is 1. The average molecular weight is 325 g/mol. The van der Waals surface area contributed by atoms with Crippen LogP contribution in [0.4, 0.5) is 0 Å². The molecule has 3 atom stereocenters. The van der Waals surface area contributed by atoms with Crippen molar-refractivity contribution in [3.8, 4) is 0 Å². The lowest BCUT2D eigenvalue weighted by Crippen LogP contribution is -2.17. The van der Waals surface area contributed by atoms with Gasteiger partial charge in [-0.25, -0.2) is 0 Å². The van der Waals surface area contributed by atoms with Crippen molar-refractivity contribution in [2.45, 2.75) is 112 Å². The van der Waals surface area contributed by atoms with Crippen LogP contribution in [0.2, 0.25) is 0 Å². The summed E-state index contributed by atoms with van der Waals surface area (Å²) in [5, 5.41) is 0. The summed E-state index contributed by atoms with van der Waals surface area (Å²) in [6.07, 6.45) is 13.4. The van der Waals surface area contributed by atoms with Gasteiger partial charge in [0.05, 0.1) is 0 Å². The zero-order valence-corrected chi connectivity index (χ0v) is 17.0. The topological polar surface area (TPSA) is 17.1 Å². The van der Waals surface area contributed by atoms with Crippen LogP contribution in [0, 0.1) is 23.7 Å². The molecule has 0 amide bonds. The second-order valence-corrected chi connectivity index (χ2v) is 8.41. The molecule has 0 heterocycles. The Balaban J connectivity index is 4.23. The van der Waals surface area contributed by atoms with Gasteiger partial charge in [-0.2, -0.15) is 0 Å². The van der Waals surface area contributed by atoms with E-state index in [1.165, 1.54) is 51.4 Å². The molecule has 0 N–H and O–H groups in total. The van der Waals surface area contributed by atoms with E-state index < -0.39 is 0 Å². The SMILES string of the molecule is CCCC(C)CCCCC(CCC(C)CCC)C(=O)CC(C)C. The Kier molecular flexibility index (Phi) is 13.8. The third-order valence-corrected chi connectivity index (χ3v) is 5.14. The lowest BCUT2D eigenvalue weighted by Gasteiger charge is -2.19. The molecular formula is C22H44O. The van der Waals surface area contributed by atoms with E-state index in [0.29, 0.717) is 17.6 Å². The van der Waals surface area contributed by atoms with E-state index in [9.17, 15) is 4.79 Å². The van der Waals surface area contributed by atoms with Crippen LogP contribution in [0.15, 0.2) is 0 Å². The fourth-order valence-corrected chi connectivity index (χ4v) is 3.68. The summed E-state index contributed by atoms with van der Waals surface area (Å²) in [5.74, 6) is 3.00. The van der Waals surface area contributed by atoms with Crippen molar-refractivity contribution < 1.29 is 4.79 Å². The number of carbonyl (C=O) groups is 1. The summed E-state index contributed by atoms with van der Waals surface area (Å²) < 4.78 is 0. The van der Waals surface area contributed by atoms with Crippen molar-refractivity contribution in [2.24, 2.45) is 23.7 Å². The molecule has 0 aliphatic carbocycles. The number of hydrogen-bond acceptors (Lipinski definition) is 1. The molecule has 23 heavy (non-hydrogen) atoms. The molecule has 1 nitrogen and oxygen atoms in total. The van der Waals surface area contributed by atoms with Crippen LogP contribution in [0.25, 0.3) is 0 Å². The maximum Gasteiger partial charge on any atom is 0.136 e. The van der Waals surface area contributed by atoms with Gasteiger partial charge in [0.15, 0.2) is 0 Å². The highest BCUT2D eigenvalue weighted by atomic mass is 16.1. The minimum absolute atomic E-state index is 0.332. The van der Waals surface area contributed by atoms with Gasteiger partial charge in [-0.1, -0.05) is 92.9 Å². The van der Waals surface area contributed by atoms with E-state index in [4.69, 9.17) is 0 Å². The minimum atomic E-state index is 0.332. The molecule has 0 aromatic carbocycles. The molecule has 0 fully saturated rings. The first kappa shape index (κ1) is 22.7. The summed E-state index contributed by atoms with van der Waals surface area (Å²) in [5.41, 5.74) is 0. The summed E-state index contributed by atoms with van der Waals surface area (Å²) in [6.45, 7) is 13.6. The highest BCUT2D eigenvalue weighted by Gasteiger charge is 2.19. The van der Waals surface area contributed by atoms with Crippen molar-refractivity contribution in [2.75, 3.05) is 0 Å². The molecule has 0 saturated heterocycles. The molecule has 0 aliphatic rings. The van der Waals surface area contributed by atoms with Crippen molar-refractivity contribution in [3.63, 3.8) is 0 Å². The number of hydrogen-bond donors (Lipinski definition) is 0. The molecule has 0 spiro atoms. The van der Waals surface area contributed by atoms with Crippen LogP contribution >= 0.6 is 0 Å². The van der Waals surface area contributed by atoms with Crippen LogP contribution in [0.3, 0.4) is 0 Å². The predicted octanol–water partition coefficient (Wildman–Crippen LogP) is 7.43. The zero-order chi connectivity index (χ0) is 17.7. The van der Waals surface area contributed by atoms with Crippen LogP contribution in [-0.4, -0.2) is 5.78 Å². The first-order valence-electron chi connectivity index (χ1n) is 10.4. The van der Waals surface area contributed by atoms with E-state index in [1.807, 2.05) is 0 Å². The number of ketones is 1. The van der Waals surface area contributed by atoms with Gasteiger partial charge in [0.25, 0.3) is 0 Å². The second kappa shape index (κ2) is 14.1. The van der Waals surface area contributed by atoms with Gasteiger partial charge in [-0.15, -0.1) is 0 Å². The predicted molar refractivity (Wildman–Crippen MR) is 104 cm³/mol. The third-order valence-electron chi connectivity index (χ3n) is 5.14. The molecular weight excluding hydrogens is 280 g/mol. The molecule has 0 saturated carbocycles. The fraction of sp³-hybridized carbons (Fsp3) is 0.955. The minimum Gasteiger partial charge on any atom is -0.299 e. The van der Waals surface area contributed by atoms with Crippen molar-refractivity contribution in [3.05, 3.63) is 0 Å². The van der Waals surface area contributed by atoms with Gasteiger partial charge in [0.2, 0.25) is 0 Å². The third kappa shape index (κ3) is 12.7. The smallest absolute Gasteiger partial charge is 0.136 e. The van der Waals surface area contributed by atoms with E-state index in [-0.39, 0.29) is 0 Å². The van der Waals surface area contributed by atoms with Crippen LogP contribution in [0.5, 0.6) is 0 Å². The van der Waals surface area contributed by atoms with E-state index in [0.717, 1.165) is 31.1 Å². The van der Waals surface area contributed by atoms with Crippen LogP contribution in [-0.2, 0) is 4.79 Å². The van der Waals surface area contributed by atoms with Crippen LogP contribution < -0.4 is 0 Å². The van der Waals surface area contributed by atoms with Crippen LogP contribution in [0.1, 0.15) is 112 Å². The maximum absolute atomic E-state index is 12.6. The largest absolute Gasteiger partial charge is 0.299 e. The van der Waals surface area contributed by atoms with E-state index in [2.05, 4.69) is 41.5 Å². The van der Waals surface area contributed by atoms with Gasteiger partial charge < -0.3 is 0 Å². The lowest BCUT2D eigenvalue weighted by molar-refractivity contribution is -0.124. The molecule has 3 unspecified atom stereocenters. The Labute approximate surface area is 147 Å². The maximum atomic E-state index is 12.6. The summed E-state index contributed by atoms with van der Waals surface area (Å²) in [7, 11) is 0.